The summed E-state index contributed by atoms with van der Waals surface area (Å²) >= 11 is 0. The molecule has 0 amide bonds. The van der Waals surface area contributed by atoms with Crippen LogP contribution >= 0.6 is 0 Å². The molecule has 0 aliphatic heterocycles. The van der Waals surface area contributed by atoms with Crippen molar-refractivity contribution in [2.45, 2.75) is 0 Å². The number of nitrogens with zero attached hydrogens (tertiary/aromatic N) is 5. The molecule has 3 aromatic carbocycles. The Morgan fingerprint density at radius 1 is 0.618 bits per heavy atom. The van der Waals surface area contributed by atoms with E-state index in [2.05, 4.69) is 11.1 Å². The van der Waals surface area contributed by atoms with Crippen molar-refractivity contribution in [2.75, 3.05) is 0 Å². The highest BCUT2D eigenvalue weighted by Gasteiger charge is 2.22. The monoisotopic (exact) mass is 439 g/mol. The van der Waals surface area contributed by atoms with Crippen LogP contribution in [0.25, 0.3) is 61.7 Å². The zero-order valence-corrected chi connectivity index (χ0v) is 18.0. The lowest BCUT2D eigenvalue weighted by Crippen LogP contribution is -2.06. The number of furan rings is 1. The van der Waals surface area contributed by atoms with Gasteiger partial charge in [-0.3, -0.25) is 4.98 Å². The van der Waals surface area contributed by atoms with E-state index in [1.807, 2.05) is 95.7 Å². The molecule has 0 atom stereocenters. The largest absolute Gasteiger partial charge is 0.439 e. The highest BCUT2D eigenvalue weighted by Crippen LogP contribution is 2.38. The fourth-order valence-corrected chi connectivity index (χ4v) is 4.43. The normalized spacial score (nSPS) is 11.5. The van der Waals surface area contributed by atoms with Gasteiger partial charge >= 0.3 is 0 Å². The summed E-state index contributed by atoms with van der Waals surface area (Å²) in [5.41, 5.74) is 4.27. The number of para-hydroxylation sites is 1. The van der Waals surface area contributed by atoms with E-state index in [4.69, 9.17) is 19.4 Å². The molecule has 0 fully saturated rings. The first-order valence-electron chi connectivity index (χ1n) is 11.0. The number of pyridine rings is 1. The summed E-state index contributed by atoms with van der Waals surface area (Å²) in [4.78, 5) is 19.0. The van der Waals surface area contributed by atoms with Crippen molar-refractivity contribution in [2.24, 2.45) is 0 Å². The predicted octanol–water partition coefficient (Wildman–Crippen LogP) is 6.44. The van der Waals surface area contributed by atoms with Gasteiger partial charge < -0.3 is 4.42 Å². The molecule has 160 valence electrons. The van der Waals surface area contributed by atoms with Crippen LogP contribution in [0, 0.1) is 0 Å². The van der Waals surface area contributed by atoms with Crippen molar-refractivity contribution in [1.29, 1.82) is 0 Å². The van der Waals surface area contributed by atoms with Crippen molar-refractivity contribution in [3.63, 3.8) is 0 Å². The minimum absolute atomic E-state index is 0.498. The quantitative estimate of drug-likeness (QED) is 0.317. The molecule has 4 aromatic heterocycles. The molecule has 7 aromatic rings. The fraction of sp³-hybridized carbons (Fsp3) is 0. The molecule has 0 bridgehead atoms. The van der Waals surface area contributed by atoms with Gasteiger partial charge in [-0.1, -0.05) is 78.9 Å². The first kappa shape index (κ1) is 18.7. The minimum atomic E-state index is 0.498. The van der Waals surface area contributed by atoms with Crippen molar-refractivity contribution in [1.82, 2.24) is 24.5 Å². The smallest absolute Gasteiger partial charge is 0.241 e. The summed E-state index contributed by atoms with van der Waals surface area (Å²) in [5.74, 6) is 1.70. The van der Waals surface area contributed by atoms with Gasteiger partial charge in [-0.15, -0.1) is 0 Å². The maximum absolute atomic E-state index is 6.35. The van der Waals surface area contributed by atoms with E-state index in [1.54, 1.807) is 6.20 Å². The van der Waals surface area contributed by atoms with E-state index in [-0.39, 0.29) is 0 Å². The average molecular weight is 439 g/mol. The summed E-state index contributed by atoms with van der Waals surface area (Å²) in [6, 6.07) is 29.9. The number of benzene rings is 3. The molecule has 0 saturated carbocycles. The minimum Gasteiger partial charge on any atom is -0.439 e. The summed E-state index contributed by atoms with van der Waals surface area (Å²) in [5, 5.41) is 3.03. The van der Waals surface area contributed by atoms with Crippen LogP contribution in [0.3, 0.4) is 0 Å². The Hall–Kier alpha value is -4.84. The molecule has 0 radical (unpaired) electrons. The van der Waals surface area contributed by atoms with Crippen LogP contribution in [0.1, 0.15) is 0 Å². The van der Waals surface area contributed by atoms with Gasteiger partial charge in [0.25, 0.3) is 0 Å². The van der Waals surface area contributed by atoms with Gasteiger partial charge in [0.2, 0.25) is 11.7 Å². The van der Waals surface area contributed by atoms with Gasteiger partial charge in [0.15, 0.2) is 11.6 Å². The van der Waals surface area contributed by atoms with Crippen LogP contribution in [-0.4, -0.2) is 24.5 Å². The average Bonchev–Trinajstić information content (AvgIpc) is 3.44. The molecule has 4 heterocycles. The lowest BCUT2D eigenvalue weighted by atomic mass is 10.1. The van der Waals surface area contributed by atoms with Crippen LogP contribution in [0.5, 0.6) is 0 Å². The Bertz CT molecular complexity index is 1750. The van der Waals surface area contributed by atoms with E-state index in [0.717, 1.165) is 38.4 Å². The molecule has 0 spiro atoms. The van der Waals surface area contributed by atoms with Crippen LogP contribution < -0.4 is 0 Å². The van der Waals surface area contributed by atoms with Gasteiger partial charge in [-0.2, -0.15) is 9.97 Å². The van der Waals surface area contributed by atoms with E-state index >= 15 is 0 Å². The summed E-state index contributed by atoms with van der Waals surface area (Å²) in [6.45, 7) is 0. The Morgan fingerprint density at radius 2 is 1.26 bits per heavy atom. The summed E-state index contributed by atoms with van der Waals surface area (Å²) in [7, 11) is 0. The number of aromatic nitrogens is 5. The molecule has 7 rings (SSSR count). The van der Waals surface area contributed by atoms with Crippen molar-refractivity contribution < 1.29 is 4.42 Å². The second kappa shape index (κ2) is 7.35. The third-order valence-electron chi connectivity index (χ3n) is 5.98. The third-order valence-corrected chi connectivity index (χ3v) is 5.98. The topological polar surface area (TPSA) is 69.6 Å². The highest BCUT2D eigenvalue weighted by molar-refractivity contribution is 6.19. The predicted molar refractivity (Wildman–Crippen MR) is 133 cm³/mol. The molecule has 6 heteroatoms. The first-order valence-corrected chi connectivity index (χ1v) is 11.0. The molecule has 0 aliphatic carbocycles. The maximum atomic E-state index is 6.35. The van der Waals surface area contributed by atoms with Crippen LogP contribution in [0.15, 0.2) is 108 Å². The number of fused-ring (bicyclic) bond motifs is 5. The molecular weight excluding hydrogens is 422 g/mol. The van der Waals surface area contributed by atoms with E-state index in [1.165, 1.54) is 0 Å². The SMILES string of the molecule is c1ccc(-c2nc(-c3ccccc3)nc(-n3c4ccncc4c4c5ccccc5oc43)n2)cc1. The van der Waals surface area contributed by atoms with Gasteiger partial charge in [0.1, 0.15) is 5.58 Å². The molecular formula is C28H17N5O. The van der Waals surface area contributed by atoms with Crippen molar-refractivity contribution in [3.8, 4) is 28.7 Å². The lowest BCUT2D eigenvalue weighted by Gasteiger charge is -2.09. The zero-order chi connectivity index (χ0) is 22.5. The Kier molecular flexibility index (Phi) is 4.04. The van der Waals surface area contributed by atoms with Crippen molar-refractivity contribution in [3.05, 3.63) is 103 Å². The lowest BCUT2D eigenvalue weighted by molar-refractivity contribution is 0.641. The molecule has 34 heavy (non-hydrogen) atoms. The molecule has 0 saturated heterocycles. The number of hydrogen-bond acceptors (Lipinski definition) is 5. The number of hydrogen-bond donors (Lipinski definition) is 0. The molecule has 0 N–H and O–H groups in total. The van der Waals surface area contributed by atoms with Crippen molar-refractivity contribution >= 4 is 33.0 Å². The Balaban J connectivity index is 1.59. The van der Waals surface area contributed by atoms with Crippen LogP contribution in [0.2, 0.25) is 0 Å². The second-order valence-electron chi connectivity index (χ2n) is 8.02. The standard InChI is InChI=1S/C28H17N5O/c1-3-9-18(10-4-1)25-30-26(19-11-5-2-6-12-19)32-28(31-25)33-22-15-16-29-17-21(22)24-20-13-7-8-14-23(20)34-27(24)33/h1-17H. The summed E-state index contributed by atoms with van der Waals surface area (Å²) < 4.78 is 8.31. The van der Waals surface area contributed by atoms with E-state index in [0.29, 0.717) is 23.3 Å². The molecule has 6 nitrogen and oxygen atoms in total. The Morgan fingerprint density at radius 3 is 1.97 bits per heavy atom. The van der Waals surface area contributed by atoms with Gasteiger partial charge in [0.05, 0.1) is 10.9 Å². The van der Waals surface area contributed by atoms with E-state index < -0.39 is 0 Å². The van der Waals surface area contributed by atoms with Crippen LogP contribution in [-0.2, 0) is 0 Å². The van der Waals surface area contributed by atoms with Crippen LogP contribution in [0.4, 0.5) is 0 Å². The van der Waals surface area contributed by atoms with E-state index in [9.17, 15) is 0 Å². The molecule has 0 aliphatic rings. The second-order valence-corrected chi connectivity index (χ2v) is 8.02. The highest BCUT2D eigenvalue weighted by atomic mass is 16.3. The third kappa shape index (κ3) is 2.82. The van der Waals surface area contributed by atoms with Gasteiger partial charge in [0, 0.05) is 34.3 Å². The number of rotatable bonds is 3. The fourth-order valence-electron chi connectivity index (χ4n) is 4.43. The zero-order valence-electron chi connectivity index (χ0n) is 18.0. The molecule has 0 unspecified atom stereocenters. The maximum Gasteiger partial charge on any atom is 0.241 e. The summed E-state index contributed by atoms with van der Waals surface area (Å²) in [6.07, 6.45) is 3.64. The Labute approximate surface area is 194 Å². The first-order chi connectivity index (χ1) is 16.9. The van der Waals surface area contributed by atoms with Gasteiger partial charge in [-0.25, -0.2) is 9.55 Å². The van der Waals surface area contributed by atoms with Gasteiger partial charge in [-0.05, 0) is 12.1 Å².